The van der Waals surface area contributed by atoms with Crippen molar-refractivity contribution in [2.45, 2.75) is 26.8 Å². The van der Waals surface area contributed by atoms with Crippen molar-refractivity contribution in [3.63, 3.8) is 0 Å². The highest BCUT2D eigenvalue weighted by atomic mass is 16.2. The maximum absolute atomic E-state index is 12.5. The van der Waals surface area contributed by atoms with Crippen molar-refractivity contribution in [2.24, 2.45) is 0 Å². The average molecular weight is 341 g/mol. The summed E-state index contributed by atoms with van der Waals surface area (Å²) >= 11 is 0. The zero-order valence-electron chi connectivity index (χ0n) is 15.1. The van der Waals surface area contributed by atoms with Gasteiger partial charge in [-0.1, -0.05) is 18.2 Å². The Hall–Kier alpha value is -2.18. The third-order valence-corrected chi connectivity index (χ3v) is 4.72. The summed E-state index contributed by atoms with van der Waals surface area (Å²) < 4.78 is 0. The molecule has 25 heavy (non-hydrogen) atoms. The van der Waals surface area contributed by atoms with Crippen molar-refractivity contribution >= 4 is 11.6 Å². The molecule has 0 spiro atoms. The number of nitrogens with one attached hydrogen (secondary N) is 2. The molecule has 0 saturated carbocycles. The Morgan fingerprint density at radius 1 is 1.16 bits per heavy atom. The van der Waals surface area contributed by atoms with Crippen LogP contribution in [0.2, 0.25) is 0 Å². The Bertz CT molecular complexity index is 678. The quantitative estimate of drug-likeness (QED) is 0.875. The maximum atomic E-state index is 12.5. The minimum absolute atomic E-state index is 0.0666. The first-order chi connectivity index (χ1) is 12.1. The van der Waals surface area contributed by atoms with Crippen molar-refractivity contribution in [3.8, 4) is 0 Å². The van der Waals surface area contributed by atoms with E-state index in [1.807, 2.05) is 38.2 Å². The van der Waals surface area contributed by atoms with E-state index in [1.165, 1.54) is 0 Å². The summed E-state index contributed by atoms with van der Waals surface area (Å²) in [5.74, 6) is 1.07. The molecule has 3 rings (SSSR count). The van der Waals surface area contributed by atoms with Crippen molar-refractivity contribution in [1.82, 2.24) is 19.8 Å². The largest absolute Gasteiger partial charge is 0.348 e. The van der Waals surface area contributed by atoms with Crippen molar-refractivity contribution < 1.29 is 4.79 Å². The van der Waals surface area contributed by atoms with E-state index in [0.717, 1.165) is 61.8 Å². The fraction of sp³-hybridized carbons (Fsp3) is 0.474. The highest BCUT2D eigenvalue weighted by Crippen LogP contribution is 2.19. The van der Waals surface area contributed by atoms with Crippen LogP contribution in [0.25, 0.3) is 0 Å². The lowest BCUT2D eigenvalue weighted by atomic mass is 10.1. The molecule has 1 saturated heterocycles. The van der Waals surface area contributed by atoms with Crippen LogP contribution >= 0.6 is 0 Å². The highest BCUT2D eigenvalue weighted by Gasteiger charge is 2.18. The Labute approximate surface area is 149 Å². The third kappa shape index (κ3) is 4.90. The van der Waals surface area contributed by atoms with Gasteiger partial charge >= 0.3 is 0 Å². The van der Waals surface area contributed by atoms with Gasteiger partial charge in [-0.2, -0.15) is 0 Å². The molecule has 1 aromatic heterocycles. The summed E-state index contributed by atoms with van der Waals surface area (Å²) in [6.07, 6.45) is 4.71. The molecule has 1 aliphatic rings. The molecule has 1 aliphatic heterocycles. The van der Waals surface area contributed by atoms with E-state index in [2.05, 4.69) is 25.1 Å². The maximum Gasteiger partial charge on any atom is 0.238 e. The first-order valence-corrected chi connectivity index (χ1v) is 8.91. The minimum Gasteiger partial charge on any atom is -0.348 e. The van der Waals surface area contributed by atoms with Crippen molar-refractivity contribution in [2.75, 3.05) is 38.0 Å². The monoisotopic (exact) mass is 341 g/mol. The Balaban J connectivity index is 1.50. The first-order valence-electron chi connectivity index (χ1n) is 8.91. The second kappa shape index (κ2) is 8.27. The zero-order valence-corrected chi connectivity index (χ0v) is 15.1. The number of hydrogen-bond acceptors (Lipinski definition) is 4. The van der Waals surface area contributed by atoms with Gasteiger partial charge in [-0.25, -0.2) is 4.98 Å². The molecule has 0 unspecified atom stereocenters. The van der Waals surface area contributed by atoms with Gasteiger partial charge in [-0.3, -0.25) is 14.6 Å². The first kappa shape index (κ1) is 17.6. The molecule has 2 heterocycles. The van der Waals surface area contributed by atoms with E-state index in [-0.39, 0.29) is 5.91 Å². The van der Waals surface area contributed by atoms with Crippen LogP contribution in [0.5, 0.6) is 0 Å². The normalized spacial score (nSPS) is 16.6. The molecule has 6 heteroatoms. The van der Waals surface area contributed by atoms with E-state index in [0.29, 0.717) is 6.54 Å². The van der Waals surface area contributed by atoms with Gasteiger partial charge in [-0.05, 0) is 44.5 Å². The molecule has 0 bridgehead atoms. The van der Waals surface area contributed by atoms with Crippen LogP contribution < -0.4 is 5.32 Å². The molecule has 2 N–H and O–H groups in total. The number of aromatic nitrogens is 2. The zero-order chi connectivity index (χ0) is 17.6. The van der Waals surface area contributed by atoms with E-state index >= 15 is 0 Å². The van der Waals surface area contributed by atoms with Gasteiger partial charge in [-0.15, -0.1) is 0 Å². The number of anilines is 1. The molecule has 1 amide bonds. The van der Waals surface area contributed by atoms with Crippen LogP contribution in [0.3, 0.4) is 0 Å². The molecule has 0 aliphatic carbocycles. The summed E-state index contributed by atoms with van der Waals surface area (Å²) in [4.78, 5) is 24.5. The number of carbonyl (C=O) groups excluding carboxylic acids is 1. The van der Waals surface area contributed by atoms with Gasteiger partial charge in [0.2, 0.25) is 5.91 Å². The van der Waals surface area contributed by atoms with Gasteiger partial charge < -0.3 is 10.3 Å². The van der Waals surface area contributed by atoms with Gasteiger partial charge in [0, 0.05) is 31.2 Å². The standard InChI is InChI=1S/C19H27N5O/c1-15-5-3-6-16(2)19(15)22-18(25)14-24-10-4-9-23(11-12-24)13-17-20-7-8-21-17/h3,5-8H,4,9-14H2,1-2H3,(H,20,21)(H,22,25). The third-order valence-electron chi connectivity index (χ3n) is 4.72. The Morgan fingerprint density at radius 2 is 1.88 bits per heavy atom. The Morgan fingerprint density at radius 3 is 2.60 bits per heavy atom. The van der Waals surface area contributed by atoms with E-state index in [4.69, 9.17) is 0 Å². The summed E-state index contributed by atoms with van der Waals surface area (Å²) in [6.45, 7) is 9.20. The lowest BCUT2D eigenvalue weighted by molar-refractivity contribution is -0.117. The number of benzene rings is 1. The fourth-order valence-electron chi connectivity index (χ4n) is 3.33. The molecule has 0 radical (unpaired) electrons. The fourth-order valence-corrected chi connectivity index (χ4v) is 3.33. The molecular weight excluding hydrogens is 314 g/mol. The van der Waals surface area contributed by atoms with Gasteiger partial charge in [0.1, 0.15) is 5.82 Å². The topological polar surface area (TPSA) is 64.3 Å². The van der Waals surface area contributed by atoms with E-state index in [9.17, 15) is 4.79 Å². The summed E-state index contributed by atoms with van der Waals surface area (Å²) in [6, 6.07) is 6.07. The Kier molecular flexibility index (Phi) is 5.83. The molecule has 1 fully saturated rings. The predicted molar refractivity (Wildman–Crippen MR) is 99.5 cm³/mol. The van der Waals surface area contributed by atoms with E-state index in [1.54, 1.807) is 6.20 Å². The van der Waals surface area contributed by atoms with Crippen LogP contribution in [0, 0.1) is 13.8 Å². The highest BCUT2D eigenvalue weighted by molar-refractivity contribution is 5.93. The summed E-state index contributed by atoms with van der Waals surface area (Å²) in [5.41, 5.74) is 3.16. The van der Waals surface area contributed by atoms with E-state index < -0.39 is 0 Å². The molecular formula is C19H27N5O. The minimum atomic E-state index is 0.0666. The van der Waals surface area contributed by atoms with Crippen LogP contribution in [0.15, 0.2) is 30.6 Å². The smallest absolute Gasteiger partial charge is 0.238 e. The number of nitrogens with zero attached hydrogens (tertiary/aromatic N) is 3. The molecule has 0 atom stereocenters. The average Bonchev–Trinajstić information content (AvgIpc) is 2.99. The van der Waals surface area contributed by atoms with Crippen molar-refractivity contribution in [3.05, 3.63) is 47.5 Å². The number of aromatic amines is 1. The van der Waals surface area contributed by atoms with Crippen LogP contribution in [-0.4, -0.2) is 58.4 Å². The number of hydrogen-bond donors (Lipinski definition) is 2. The molecule has 134 valence electrons. The van der Waals surface area contributed by atoms with Crippen LogP contribution in [-0.2, 0) is 11.3 Å². The van der Waals surface area contributed by atoms with Crippen LogP contribution in [0.4, 0.5) is 5.69 Å². The van der Waals surface area contributed by atoms with Crippen LogP contribution in [0.1, 0.15) is 23.4 Å². The second-order valence-electron chi connectivity index (χ2n) is 6.76. The van der Waals surface area contributed by atoms with Gasteiger partial charge in [0.25, 0.3) is 0 Å². The van der Waals surface area contributed by atoms with Gasteiger partial charge in [0.05, 0.1) is 13.1 Å². The lowest BCUT2D eigenvalue weighted by Crippen LogP contribution is -2.36. The second-order valence-corrected chi connectivity index (χ2v) is 6.76. The van der Waals surface area contributed by atoms with Crippen molar-refractivity contribution in [1.29, 1.82) is 0 Å². The number of rotatable bonds is 5. The molecule has 6 nitrogen and oxygen atoms in total. The number of aryl methyl sites for hydroxylation is 2. The molecule has 2 aromatic rings. The van der Waals surface area contributed by atoms with Gasteiger partial charge in [0.15, 0.2) is 0 Å². The number of carbonyl (C=O) groups is 1. The predicted octanol–water partition coefficient (Wildman–Crippen LogP) is 2.17. The summed E-state index contributed by atoms with van der Waals surface area (Å²) in [5, 5.41) is 3.08. The molecule has 1 aromatic carbocycles. The number of amides is 1. The SMILES string of the molecule is Cc1cccc(C)c1NC(=O)CN1CCCN(Cc2ncc[nH]2)CC1. The summed E-state index contributed by atoms with van der Waals surface area (Å²) in [7, 11) is 0. The number of H-pyrrole nitrogens is 1. The number of imidazole rings is 1. The number of para-hydroxylation sites is 1. The lowest BCUT2D eigenvalue weighted by Gasteiger charge is -2.21.